The van der Waals surface area contributed by atoms with Crippen molar-refractivity contribution in [3.05, 3.63) is 40.0 Å². The normalized spacial score (nSPS) is 14.9. The van der Waals surface area contributed by atoms with Crippen molar-refractivity contribution in [2.24, 2.45) is 5.92 Å². The molecule has 110 valence electrons. The first-order valence-corrected chi connectivity index (χ1v) is 7.74. The average molecular weight is 303 g/mol. The van der Waals surface area contributed by atoms with Gasteiger partial charge in [-0.25, -0.2) is 14.8 Å². The SMILES string of the molecule is COC(=O)c1ncc(N2CC(Cc3cccs3)C2)nc1C. The van der Waals surface area contributed by atoms with E-state index in [4.69, 9.17) is 0 Å². The molecule has 3 rings (SSSR count). The van der Waals surface area contributed by atoms with Crippen molar-refractivity contribution in [1.29, 1.82) is 0 Å². The summed E-state index contributed by atoms with van der Waals surface area (Å²) in [6, 6.07) is 4.28. The molecular formula is C15H17N3O2S. The molecule has 0 atom stereocenters. The van der Waals surface area contributed by atoms with E-state index in [0.717, 1.165) is 25.3 Å². The quantitative estimate of drug-likeness (QED) is 0.811. The first-order chi connectivity index (χ1) is 10.2. The largest absolute Gasteiger partial charge is 0.464 e. The predicted molar refractivity (Wildman–Crippen MR) is 81.8 cm³/mol. The lowest BCUT2D eigenvalue weighted by Crippen LogP contribution is -2.48. The smallest absolute Gasteiger partial charge is 0.358 e. The fraction of sp³-hybridized carbons (Fsp3) is 0.400. The zero-order valence-electron chi connectivity index (χ0n) is 12.1. The molecule has 0 spiro atoms. The van der Waals surface area contributed by atoms with Crippen LogP contribution in [0, 0.1) is 12.8 Å². The van der Waals surface area contributed by atoms with E-state index >= 15 is 0 Å². The molecule has 2 aromatic rings. The van der Waals surface area contributed by atoms with Crippen LogP contribution in [0.25, 0.3) is 0 Å². The van der Waals surface area contributed by atoms with Crippen molar-refractivity contribution in [1.82, 2.24) is 9.97 Å². The highest BCUT2D eigenvalue weighted by Crippen LogP contribution is 2.26. The van der Waals surface area contributed by atoms with Crippen LogP contribution >= 0.6 is 11.3 Å². The Hall–Kier alpha value is -1.95. The summed E-state index contributed by atoms with van der Waals surface area (Å²) in [6.07, 6.45) is 2.78. The van der Waals surface area contributed by atoms with Gasteiger partial charge in [0.05, 0.1) is 19.0 Å². The zero-order valence-corrected chi connectivity index (χ0v) is 12.9. The highest BCUT2D eigenvalue weighted by molar-refractivity contribution is 7.09. The Balaban J connectivity index is 1.62. The monoisotopic (exact) mass is 303 g/mol. The summed E-state index contributed by atoms with van der Waals surface area (Å²) in [5.41, 5.74) is 0.901. The molecule has 1 aliphatic rings. The van der Waals surface area contributed by atoms with Gasteiger partial charge in [0.15, 0.2) is 5.69 Å². The molecule has 0 radical (unpaired) electrons. The van der Waals surface area contributed by atoms with E-state index < -0.39 is 5.97 Å². The summed E-state index contributed by atoms with van der Waals surface area (Å²) in [5, 5.41) is 2.12. The van der Waals surface area contributed by atoms with Gasteiger partial charge in [0.25, 0.3) is 0 Å². The fourth-order valence-electron chi connectivity index (χ4n) is 2.52. The number of carbonyl (C=O) groups excluding carboxylic acids is 1. The minimum Gasteiger partial charge on any atom is -0.464 e. The molecule has 2 aromatic heterocycles. The van der Waals surface area contributed by atoms with Crippen molar-refractivity contribution in [2.75, 3.05) is 25.1 Å². The van der Waals surface area contributed by atoms with Crippen molar-refractivity contribution < 1.29 is 9.53 Å². The molecule has 0 N–H and O–H groups in total. The number of thiophene rings is 1. The van der Waals surface area contributed by atoms with Crippen LogP contribution in [0.5, 0.6) is 0 Å². The maximum atomic E-state index is 11.5. The number of nitrogens with zero attached hydrogens (tertiary/aromatic N) is 3. The highest BCUT2D eigenvalue weighted by Gasteiger charge is 2.28. The number of anilines is 1. The van der Waals surface area contributed by atoms with Crippen LogP contribution in [0.1, 0.15) is 21.1 Å². The molecule has 21 heavy (non-hydrogen) atoms. The van der Waals surface area contributed by atoms with Crippen LogP contribution in [0.2, 0.25) is 0 Å². The summed E-state index contributed by atoms with van der Waals surface area (Å²) >= 11 is 1.81. The summed E-state index contributed by atoms with van der Waals surface area (Å²) < 4.78 is 4.68. The lowest BCUT2D eigenvalue weighted by molar-refractivity contribution is 0.0592. The maximum absolute atomic E-state index is 11.5. The van der Waals surface area contributed by atoms with Gasteiger partial charge in [0.2, 0.25) is 0 Å². The van der Waals surface area contributed by atoms with E-state index in [1.807, 2.05) is 11.3 Å². The Bertz CT molecular complexity index is 636. The number of hydrogen-bond acceptors (Lipinski definition) is 6. The molecule has 5 nitrogen and oxygen atoms in total. The van der Waals surface area contributed by atoms with E-state index in [9.17, 15) is 4.79 Å². The first kappa shape index (κ1) is 14.0. The van der Waals surface area contributed by atoms with Gasteiger partial charge in [-0.1, -0.05) is 6.07 Å². The second kappa shape index (κ2) is 5.81. The van der Waals surface area contributed by atoms with Gasteiger partial charge in [-0.3, -0.25) is 0 Å². The molecule has 6 heteroatoms. The standard InChI is InChI=1S/C15H17N3O2S/c1-10-14(15(19)20-2)16-7-13(17-10)18-8-11(9-18)6-12-4-3-5-21-12/h3-5,7,11H,6,8-9H2,1-2H3. The Kier molecular flexibility index (Phi) is 3.88. The van der Waals surface area contributed by atoms with Crippen molar-refractivity contribution in [3.63, 3.8) is 0 Å². The van der Waals surface area contributed by atoms with Crippen LogP contribution in [0.4, 0.5) is 5.82 Å². The lowest BCUT2D eigenvalue weighted by atomic mass is 9.96. The topological polar surface area (TPSA) is 55.3 Å². The van der Waals surface area contributed by atoms with Gasteiger partial charge in [-0.2, -0.15) is 0 Å². The third-order valence-electron chi connectivity index (χ3n) is 3.66. The molecule has 1 saturated heterocycles. The molecule has 1 fully saturated rings. The number of carbonyl (C=O) groups is 1. The van der Waals surface area contributed by atoms with Gasteiger partial charge in [0, 0.05) is 18.0 Å². The van der Waals surface area contributed by atoms with Crippen LogP contribution < -0.4 is 4.90 Å². The Morgan fingerprint density at radius 3 is 2.95 bits per heavy atom. The number of methoxy groups -OCH3 is 1. The van der Waals surface area contributed by atoms with E-state index in [2.05, 4.69) is 37.1 Å². The lowest BCUT2D eigenvalue weighted by Gasteiger charge is -2.40. The number of rotatable bonds is 4. The molecule has 1 aliphatic heterocycles. The Morgan fingerprint density at radius 1 is 1.52 bits per heavy atom. The average Bonchev–Trinajstić information content (AvgIpc) is 2.94. The van der Waals surface area contributed by atoms with Gasteiger partial charge < -0.3 is 9.64 Å². The second-order valence-electron chi connectivity index (χ2n) is 5.21. The summed E-state index contributed by atoms with van der Waals surface area (Å²) in [4.78, 5) is 23.8. The minimum atomic E-state index is -0.439. The molecule has 0 amide bonds. The minimum absolute atomic E-state index is 0.289. The predicted octanol–water partition coefficient (Wildman–Crippen LogP) is 2.31. The van der Waals surface area contributed by atoms with E-state index in [1.54, 1.807) is 13.1 Å². The molecule has 0 unspecified atom stereocenters. The van der Waals surface area contributed by atoms with Crippen molar-refractivity contribution in [3.8, 4) is 0 Å². The van der Waals surface area contributed by atoms with Crippen molar-refractivity contribution in [2.45, 2.75) is 13.3 Å². The van der Waals surface area contributed by atoms with Crippen LogP contribution in [-0.4, -0.2) is 36.1 Å². The fourth-order valence-corrected chi connectivity index (χ4v) is 3.34. The molecule has 0 bridgehead atoms. The highest BCUT2D eigenvalue weighted by atomic mass is 32.1. The van der Waals surface area contributed by atoms with Gasteiger partial charge >= 0.3 is 5.97 Å². The molecule has 0 aliphatic carbocycles. The van der Waals surface area contributed by atoms with E-state index in [-0.39, 0.29) is 5.69 Å². The van der Waals surface area contributed by atoms with E-state index in [0.29, 0.717) is 11.6 Å². The van der Waals surface area contributed by atoms with Gasteiger partial charge in [-0.15, -0.1) is 11.3 Å². The summed E-state index contributed by atoms with van der Waals surface area (Å²) in [7, 11) is 1.35. The van der Waals surface area contributed by atoms with Gasteiger partial charge in [-0.05, 0) is 30.7 Å². The summed E-state index contributed by atoms with van der Waals surface area (Å²) in [5.74, 6) is 1.07. The number of esters is 1. The van der Waals surface area contributed by atoms with E-state index in [1.165, 1.54) is 12.0 Å². The Morgan fingerprint density at radius 2 is 2.33 bits per heavy atom. The number of aromatic nitrogens is 2. The second-order valence-corrected chi connectivity index (χ2v) is 6.24. The third kappa shape index (κ3) is 2.90. The van der Waals surface area contributed by atoms with Crippen LogP contribution in [0.15, 0.2) is 23.7 Å². The number of aryl methyl sites for hydroxylation is 1. The molecular weight excluding hydrogens is 286 g/mol. The molecule has 3 heterocycles. The Labute approximate surface area is 127 Å². The zero-order chi connectivity index (χ0) is 14.8. The van der Waals surface area contributed by atoms with Gasteiger partial charge in [0.1, 0.15) is 5.82 Å². The number of ether oxygens (including phenoxy) is 1. The van der Waals surface area contributed by atoms with Crippen molar-refractivity contribution >= 4 is 23.1 Å². The summed E-state index contributed by atoms with van der Waals surface area (Å²) in [6.45, 7) is 3.76. The number of hydrogen-bond donors (Lipinski definition) is 0. The third-order valence-corrected chi connectivity index (χ3v) is 4.56. The molecule has 0 saturated carbocycles. The first-order valence-electron chi connectivity index (χ1n) is 6.86. The maximum Gasteiger partial charge on any atom is 0.358 e. The molecule has 0 aromatic carbocycles. The van der Waals surface area contributed by atoms with Crippen LogP contribution in [-0.2, 0) is 11.2 Å². The van der Waals surface area contributed by atoms with Crippen LogP contribution in [0.3, 0.4) is 0 Å².